The molecule has 0 fully saturated rings. The first-order chi connectivity index (χ1) is 8.70. The number of hydrogen-bond acceptors (Lipinski definition) is 4. The zero-order valence-electron chi connectivity index (χ0n) is 9.88. The number of benzene rings is 1. The number of carbonyl (C=O) groups excluding carboxylic acids is 1. The van der Waals surface area contributed by atoms with Crippen LogP contribution >= 0.6 is 0 Å². The molecule has 0 radical (unpaired) electrons. The molecule has 2 aromatic rings. The second-order valence-corrected chi connectivity index (χ2v) is 3.63. The van der Waals surface area contributed by atoms with E-state index in [1.165, 1.54) is 13.3 Å². The van der Waals surface area contributed by atoms with Crippen LogP contribution in [0.15, 0.2) is 42.6 Å². The van der Waals surface area contributed by atoms with E-state index in [1.54, 1.807) is 30.3 Å². The number of ether oxygens (including phenoxy) is 1. The Kier molecular flexibility index (Phi) is 3.43. The van der Waals surface area contributed by atoms with Crippen LogP contribution in [0, 0.1) is 0 Å². The van der Waals surface area contributed by atoms with E-state index in [-0.39, 0.29) is 5.91 Å². The predicted octanol–water partition coefficient (Wildman–Crippen LogP) is 1.92. The Bertz CT molecular complexity index is 555. The largest absolute Gasteiger partial charge is 0.495 e. The molecule has 0 bridgehead atoms. The summed E-state index contributed by atoms with van der Waals surface area (Å²) in [6.07, 6.45) is 1.50. The minimum Gasteiger partial charge on any atom is -0.495 e. The van der Waals surface area contributed by atoms with Crippen molar-refractivity contribution in [2.24, 2.45) is 0 Å². The second kappa shape index (κ2) is 5.18. The number of nitrogens with two attached hydrogens (primary N) is 1. The highest BCUT2D eigenvalue weighted by atomic mass is 16.5. The molecule has 1 aromatic heterocycles. The molecule has 18 heavy (non-hydrogen) atoms. The van der Waals surface area contributed by atoms with Crippen LogP contribution < -0.4 is 15.8 Å². The highest BCUT2D eigenvalue weighted by Crippen LogP contribution is 2.21. The molecule has 1 aromatic carbocycles. The summed E-state index contributed by atoms with van der Waals surface area (Å²) in [5, 5.41) is 2.65. The van der Waals surface area contributed by atoms with Crippen molar-refractivity contribution in [3.05, 3.63) is 48.2 Å². The number of nitrogens with one attached hydrogen (secondary N) is 1. The Balaban J connectivity index is 2.17. The molecule has 1 heterocycles. The van der Waals surface area contributed by atoms with Gasteiger partial charge in [0.15, 0.2) is 5.82 Å². The zero-order chi connectivity index (χ0) is 13.0. The molecule has 0 aliphatic heterocycles. The molecule has 5 heteroatoms. The molecule has 92 valence electrons. The van der Waals surface area contributed by atoms with Gasteiger partial charge in [0.2, 0.25) is 0 Å². The number of nitrogen functional groups attached to an aromatic ring is 1. The molecule has 0 saturated heterocycles. The quantitative estimate of drug-likeness (QED) is 0.863. The summed E-state index contributed by atoms with van der Waals surface area (Å²) in [7, 11) is 1.53. The Hall–Kier alpha value is -2.56. The van der Waals surface area contributed by atoms with E-state index in [1.807, 2.05) is 6.07 Å². The highest BCUT2D eigenvalue weighted by molar-refractivity contribution is 6.05. The molecule has 0 unspecified atom stereocenters. The van der Waals surface area contributed by atoms with E-state index in [4.69, 9.17) is 10.5 Å². The molecule has 3 N–H and O–H groups in total. The van der Waals surface area contributed by atoms with Crippen molar-refractivity contribution in [1.29, 1.82) is 0 Å². The number of methoxy groups -OCH3 is 1. The topological polar surface area (TPSA) is 77.2 Å². The highest BCUT2D eigenvalue weighted by Gasteiger charge is 2.09. The van der Waals surface area contributed by atoms with E-state index in [0.717, 1.165) is 0 Å². The van der Waals surface area contributed by atoms with E-state index in [2.05, 4.69) is 10.3 Å². The molecule has 0 atom stereocenters. The molecule has 2 rings (SSSR count). The zero-order valence-corrected chi connectivity index (χ0v) is 9.88. The van der Waals surface area contributed by atoms with Crippen molar-refractivity contribution in [2.45, 2.75) is 0 Å². The second-order valence-electron chi connectivity index (χ2n) is 3.63. The molecular formula is C13H13N3O2. The van der Waals surface area contributed by atoms with Crippen LogP contribution in [0.4, 0.5) is 11.5 Å². The molecule has 0 aliphatic carbocycles. The average Bonchev–Trinajstić information content (AvgIpc) is 2.42. The summed E-state index contributed by atoms with van der Waals surface area (Å²) in [4.78, 5) is 15.9. The van der Waals surface area contributed by atoms with Gasteiger partial charge in [-0.3, -0.25) is 4.79 Å². The van der Waals surface area contributed by atoms with Crippen LogP contribution in [0.1, 0.15) is 10.4 Å². The van der Waals surface area contributed by atoms with Crippen molar-refractivity contribution >= 4 is 17.4 Å². The number of anilines is 2. The summed E-state index contributed by atoms with van der Waals surface area (Å²) in [6, 6.07) is 10.5. The maximum Gasteiger partial charge on any atom is 0.256 e. The molecule has 1 amide bonds. The monoisotopic (exact) mass is 243 g/mol. The Morgan fingerprint density at radius 3 is 2.67 bits per heavy atom. The molecule has 0 aliphatic rings. The summed E-state index contributed by atoms with van der Waals surface area (Å²) in [5.41, 5.74) is 6.68. The standard InChI is InChI=1S/C13H13N3O2/c1-18-10-7-11(14)12(15-8-10)16-13(17)9-5-3-2-4-6-9/h2-8H,14H2,1H3,(H,15,16,17). The third-order valence-electron chi connectivity index (χ3n) is 2.40. The fraction of sp³-hybridized carbons (Fsp3) is 0.0769. The summed E-state index contributed by atoms with van der Waals surface area (Å²) < 4.78 is 4.98. The Morgan fingerprint density at radius 1 is 1.33 bits per heavy atom. The van der Waals surface area contributed by atoms with E-state index in [9.17, 15) is 4.79 Å². The predicted molar refractivity (Wildman–Crippen MR) is 69.6 cm³/mol. The lowest BCUT2D eigenvalue weighted by Crippen LogP contribution is -2.14. The van der Waals surface area contributed by atoms with Crippen LogP contribution in [0.3, 0.4) is 0 Å². The van der Waals surface area contributed by atoms with Crippen molar-refractivity contribution in [3.63, 3.8) is 0 Å². The van der Waals surface area contributed by atoms with Crippen molar-refractivity contribution in [2.75, 3.05) is 18.2 Å². The lowest BCUT2D eigenvalue weighted by atomic mass is 10.2. The first-order valence-electron chi connectivity index (χ1n) is 5.36. The minimum atomic E-state index is -0.250. The van der Waals surface area contributed by atoms with Gasteiger partial charge in [-0.05, 0) is 12.1 Å². The third kappa shape index (κ3) is 2.57. The van der Waals surface area contributed by atoms with Gasteiger partial charge in [-0.2, -0.15) is 0 Å². The fourth-order valence-electron chi connectivity index (χ4n) is 1.45. The van der Waals surface area contributed by atoms with Gasteiger partial charge in [0.05, 0.1) is 19.0 Å². The van der Waals surface area contributed by atoms with Crippen LogP contribution in [-0.4, -0.2) is 18.0 Å². The van der Waals surface area contributed by atoms with Crippen LogP contribution in [0.2, 0.25) is 0 Å². The average molecular weight is 243 g/mol. The summed E-state index contributed by atoms with van der Waals surface area (Å²) >= 11 is 0. The number of rotatable bonds is 3. The lowest BCUT2D eigenvalue weighted by molar-refractivity contribution is 0.102. The maximum atomic E-state index is 11.9. The number of nitrogens with zero attached hydrogens (tertiary/aromatic N) is 1. The first kappa shape index (κ1) is 11.9. The minimum absolute atomic E-state index is 0.250. The van der Waals surface area contributed by atoms with Gasteiger partial charge in [-0.15, -0.1) is 0 Å². The number of pyridine rings is 1. The Labute approximate surface area is 105 Å². The van der Waals surface area contributed by atoms with Crippen LogP contribution in [0.5, 0.6) is 5.75 Å². The van der Waals surface area contributed by atoms with Gasteiger partial charge < -0.3 is 15.8 Å². The van der Waals surface area contributed by atoms with E-state index in [0.29, 0.717) is 22.8 Å². The molecule has 0 saturated carbocycles. The van der Waals surface area contributed by atoms with Crippen LogP contribution in [-0.2, 0) is 0 Å². The van der Waals surface area contributed by atoms with Gasteiger partial charge >= 0.3 is 0 Å². The van der Waals surface area contributed by atoms with Crippen molar-refractivity contribution < 1.29 is 9.53 Å². The number of carbonyl (C=O) groups is 1. The van der Waals surface area contributed by atoms with Crippen molar-refractivity contribution in [1.82, 2.24) is 4.98 Å². The van der Waals surface area contributed by atoms with E-state index >= 15 is 0 Å². The number of aromatic nitrogens is 1. The normalized spacial score (nSPS) is 9.83. The molecule has 5 nitrogen and oxygen atoms in total. The summed E-state index contributed by atoms with van der Waals surface area (Å²) in [5.74, 6) is 0.620. The van der Waals surface area contributed by atoms with Gasteiger partial charge in [-0.25, -0.2) is 4.98 Å². The smallest absolute Gasteiger partial charge is 0.256 e. The first-order valence-corrected chi connectivity index (χ1v) is 5.36. The number of hydrogen-bond donors (Lipinski definition) is 2. The Morgan fingerprint density at radius 2 is 2.06 bits per heavy atom. The SMILES string of the molecule is COc1cnc(NC(=O)c2ccccc2)c(N)c1. The van der Waals surface area contributed by atoms with E-state index < -0.39 is 0 Å². The van der Waals surface area contributed by atoms with Gasteiger partial charge in [0, 0.05) is 11.6 Å². The number of amides is 1. The lowest BCUT2D eigenvalue weighted by Gasteiger charge is -2.08. The summed E-state index contributed by atoms with van der Waals surface area (Å²) in [6.45, 7) is 0. The molecule has 0 spiro atoms. The van der Waals surface area contributed by atoms with Gasteiger partial charge in [-0.1, -0.05) is 18.2 Å². The van der Waals surface area contributed by atoms with Gasteiger partial charge in [0.1, 0.15) is 5.75 Å². The fourth-order valence-corrected chi connectivity index (χ4v) is 1.45. The van der Waals surface area contributed by atoms with Gasteiger partial charge in [0.25, 0.3) is 5.91 Å². The van der Waals surface area contributed by atoms with Crippen LogP contribution in [0.25, 0.3) is 0 Å². The maximum absolute atomic E-state index is 11.9. The molecular weight excluding hydrogens is 230 g/mol. The third-order valence-corrected chi connectivity index (χ3v) is 2.40. The van der Waals surface area contributed by atoms with Crippen molar-refractivity contribution in [3.8, 4) is 5.75 Å².